The van der Waals surface area contributed by atoms with E-state index in [-0.39, 0.29) is 30.1 Å². The highest BCUT2D eigenvalue weighted by Crippen LogP contribution is 2.14. The van der Waals surface area contributed by atoms with Crippen LogP contribution in [0.25, 0.3) is 0 Å². The van der Waals surface area contributed by atoms with Gasteiger partial charge >= 0.3 is 0 Å². The first-order chi connectivity index (χ1) is 13.3. The van der Waals surface area contributed by atoms with Gasteiger partial charge in [0.25, 0.3) is 5.91 Å². The summed E-state index contributed by atoms with van der Waals surface area (Å²) in [4.78, 5) is 36.5. The number of rotatable bonds is 7. The maximum Gasteiger partial charge on any atom is 0.251 e. The summed E-state index contributed by atoms with van der Waals surface area (Å²) >= 11 is 5.84. The SMILES string of the molecule is CNC(=O)Cc1ccc(NC(=O)C(NC(=O)c2ccc(Cl)cc2)C(C)C)cc1. The van der Waals surface area contributed by atoms with Crippen LogP contribution in [0.5, 0.6) is 0 Å². The van der Waals surface area contributed by atoms with Crippen LogP contribution in [0.4, 0.5) is 5.69 Å². The van der Waals surface area contributed by atoms with Crippen LogP contribution >= 0.6 is 11.6 Å². The van der Waals surface area contributed by atoms with E-state index in [0.29, 0.717) is 16.3 Å². The maximum atomic E-state index is 12.7. The van der Waals surface area contributed by atoms with E-state index in [2.05, 4.69) is 16.0 Å². The molecule has 0 aliphatic rings. The first-order valence-electron chi connectivity index (χ1n) is 8.97. The van der Waals surface area contributed by atoms with Crippen LogP contribution in [-0.2, 0) is 16.0 Å². The van der Waals surface area contributed by atoms with Gasteiger partial charge in [-0.2, -0.15) is 0 Å². The predicted octanol–water partition coefficient (Wildman–Crippen LogP) is 3.02. The van der Waals surface area contributed by atoms with Crippen LogP contribution in [0.1, 0.15) is 29.8 Å². The topological polar surface area (TPSA) is 87.3 Å². The molecule has 7 heteroatoms. The molecule has 6 nitrogen and oxygen atoms in total. The lowest BCUT2D eigenvalue weighted by Gasteiger charge is -2.22. The molecule has 0 bridgehead atoms. The van der Waals surface area contributed by atoms with Gasteiger partial charge in [0, 0.05) is 23.3 Å². The first kappa shape index (κ1) is 21.4. The molecule has 2 rings (SSSR count). The van der Waals surface area contributed by atoms with Crippen LogP contribution in [0.3, 0.4) is 0 Å². The molecule has 0 saturated heterocycles. The molecular formula is C21H24ClN3O3. The monoisotopic (exact) mass is 401 g/mol. The number of hydrogen-bond donors (Lipinski definition) is 3. The molecular weight excluding hydrogens is 378 g/mol. The van der Waals surface area contributed by atoms with Gasteiger partial charge in [0.1, 0.15) is 6.04 Å². The van der Waals surface area contributed by atoms with Crippen LogP contribution in [0.2, 0.25) is 5.02 Å². The molecule has 2 aromatic carbocycles. The van der Waals surface area contributed by atoms with Crippen molar-refractivity contribution in [2.24, 2.45) is 5.92 Å². The quantitative estimate of drug-likeness (QED) is 0.666. The molecule has 0 aliphatic heterocycles. The largest absolute Gasteiger partial charge is 0.359 e. The van der Waals surface area contributed by atoms with E-state index in [0.717, 1.165) is 5.56 Å². The number of carbonyl (C=O) groups is 3. The second kappa shape index (κ2) is 9.90. The van der Waals surface area contributed by atoms with E-state index >= 15 is 0 Å². The Morgan fingerprint density at radius 3 is 2.11 bits per heavy atom. The van der Waals surface area contributed by atoms with Crippen LogP contribution in [-0.4, -0.2) is 30.8 Å². The summed E-state index contributed by atoms with van der Waals surface area (Å²) < 4.78 is 0. The molecule has 0 spiro atoms. The summed E-state index contributed by atoms with van der Waals surface area (Å²) in [7, 11) is 1.58. The van der Waals surface area contributed by atoms with Gasteiger partial charge in [-0.1, -0.05) is 37.6 Å². The Morgan fingerprint density at radius 1 is 0.964 bits per heavy atom. The van der Waals surface area contributed by atoms with Crippen molar-refractivity contribution in [1.29, 1.82) is 0 Å². The predicted molar refractivity (Wildman–Crippen MR) is 110 cm³/mol. The van der Waals surface area contributed by atoms with E-state index in [1.165, 1.54) is 0 Å². The van der Waals surface area contributed by atoms with Crippen LogP contribution in [0.15, 0.2) is 48.5 Å². The Hall–Kier alpha value is -2.86. The van der Waals surface area contributed by atoms with Crippen molar-refractivity contribution in [3.8, 4) is 0 Å². The van der Waals surface area contributed by atoms with Gasteiger partial charge in [-0.3, -0.25) is 14.4 Å². The van der Waals surface area contributed by atoms with Gasteiger partial charge in [-0.25, -0.2) is 0 Å². The number of nitrogens with one attached hydrogen (secondary N) is 3. The number of anilines is 1. The average molecular weight is 402 g/mol. The summed E-state index contributed by atoms with van der Waals surface area (Å²) in [6.07, 6.45) is 0.274. The molecule has 0 aromatic heterocycles. The van der Waals surface area contributed by atoms with Crippen LogP contribution < -0.4 is 16.0 Å². The summed E-state index contributed by atoms with van der Waals surface area (Å²) in [5.74, 6) is -0.840. The lowest BCUT2D eigenvalue weighted by molar-refractivity contribution is -0.120. The molecule has 1 atom stereocenters. The van der Waals surface area contributed by atoms with Crippen molar-refractivity contribution in [3.05, 3.63) is 64.7 Å². The second-order valence-electron chi connectivity index (χ2n) is 6.74. The number of carbonyl (C=O) groups excluding carboxylic acids is 3. The lowest BCUT2D eigenvalue weighted by atomic mass is 10.0. The third kappa shape index (κ3) is 6.09. The highest BCUT2D eigenvalue weighted by Gasteiger charge is 2.24. The Balaban J connectivity index is 2.03. The zero-order valence-corrected chi connectivity index (χ0v) is 16.8. The third-order valence-corrected chi connectivity index (χ3v) is 4.46. The van der Waals surface area contributed by atoms with Crippen molar-refractivity contribution in [2.45, 2.75) is 26.3 Å². The standard InChI is InChI=1S/C21H24ClN3O3/c1-13(2)19(25-20(27)15-6-8-16(22)9-7-15)21(28)24-17-10-4-14(5-11-17)12-18(26)23-3/h4-11,13,19H,12H2,1-3H3,(H,23,26)(H,24,28)(H,25,27). The zero-order chi connectivity index (χ0) is 20.7. The molecule has 1 unspecified atom stereocenters. The molecule has 148 valence electrons. The summed E-state index contributed by atoms with van der Waals surface area (Å²) in [6.45, 7) is 3.72. The molecule has 28 heavy (non-hydrogen) atoms. The minimum absolute atomic E-state index is 0.0819. The molecule has 3 N–H and O–H groups in total. The minimum atomic E-state index is -0.700. The van der Waals surface area contributed by atoms with E-state index in [4.69, 9.17) is 11.6 Å². The molecule has 0 saturated carbocycles. The highest BCUT2D eigenvalue weighted by molar-refractivity contribution is 6.30. The summed E-state index contributed by atoms with van der Waals surface area (Å²) in [5, 5.41) is 8.68. The summed E-state index contributed by atoms with van der Waals surface area (Å²) in [5.41, 5.74) is 1.87. The molecule has 0 aliphatic carbocycles. The third-order valence-electron chi connectivity index (χ3n) is 4.21. The van der Waals surface area contributed by atoms with Gasteiger partial charge < -0.3 is 16.0 Å². The van der Waals surface area contributed by atoms with Gasteiger partial charge in [0.05, 0.1) is 6.42 Å². The van der Waals surface area contributed by atoms with Gasteiger partial charge in [0.15, 0.2) is 0 Å². The summed E-state index contributed by atoms with van der Waals surface area (Å²) in [6, 6.07) is 12.8. The fourth-order valence-corrected chi connectivity index (χ4v) is 2.69. The van der Waals surface area contributed by atoms with Crippen molar-refractivity contribution in [2.75, 3.05) is 12.4 Å². The zero-order valence-electron chi connectivity index (χ0n) is 16.1. The second-order valence-corrected chi connectivity index (χ2v) is 7.17. The minimum Gasteiger partial charge on any atom is -0.359 e. The molecule has 3 amide bonds. The number of amides is 3. The molecule has 0 radical (unpaired) electrons. The number of halogens is 1. The van der Waals surface area contributed by atoms with Crippen molar-refractivity contribution < 1.29 is 14.4 Å². The Kier molecular flexibility index (Phi) is 7.58. The Labute approximate surface area is 169 Å². The van der Waals surface area contributed by atoms with E-state index in [1.54, 1.807) is 55.6 Å². The van der Waals surface area contributed by atoms with Crippen LogP contribution in [0, 0.1) is 5.92 Å². The maximum absolute atomic E-state index is 12.7. The first-order valence-corrected chi connectivity index (χ1v) is 9.34. The van der Waals surface area contributed by atoms with Crippen molar-refractivity contribution >= 4 is 35.0 Å². The fourth-order valence-electron chi connectivity index (χ4n) is 2.56. The van der Waals surface area contributed by atoms with E-state index in [1.807, 2.05) is 13.8 Å². The molecule has 0 heterocycles. The fraction of sp³-hybridized carbons (Fsp3) is 0.286. The van der Waals surface area contributed by atoms with E-state index in [9.17, 15) is 14.4 Å². The molecule has 2 aromatic rings. The van der Waals surface area contributed by atoms with Crippen molar-refractivity contribution in [3.63, 3.8) is 0 Å². The number of likely N-dealkylation sites (N-methyl/N-ethyl adjacent to an activating group) is 1. The number of benzene rings is 2. The average Bonchev–Trinajstić information content (AvgIpc) is 2.67. The van der Waals surface area contributed by atoms with Gasteiger partial charge in [-0.05, 0) is 47.9 Å². The van der Waals surface area contributed by atoms with Gasteiger partial charge in [0.2, 0.25) is 11.8 Å². The Bertz CT molecular complexity index is 833. The van der Waals surface area contributed by atoms with Crippen molar-refractivity contribution in [1.82, 2.24) is 10.6 Å². The smallest absolute Gasteiger partial charge is 0.251 e. The van der Waals surface area contributed by atoms with E-state index < -0.39 is 6.04 Å². The Morgan fingerprint density at radius 2 is 1.57 bits per heavy atom. The molecule has 0 fully saturated rings. The lowest BCUT2D eigenvalue weighted by Crippen LogP contribution is -2.47. The van der Waals surface area contributed by atoms with Gasteiger partial charge in [-0.15, -0.1) is 0 Å². The normalized spacial score (nSPS) is 11.6. The highest BCUT2D eigenvalue weighted by atomic mass is 35.5. The number of hydrogen-bond acceptors (Lipinski definition) is 3.